The van der Waals surface area contributed by atoms with Crippen molar-refractivity contribution < 1.29 is 9.53 Å². The molecule has 1 amide bonds. The highest BCUT2D eigenvalue weighted by atomic mass is 16.5. The summed E-state index contributed by atoms with van der Waals surface area (Å²) in [4.78, 5) is 11.5. The maximum absolute atomic E-state index is 11.5. The summed E-state index contributed by atoms with van der Waals surface area (Å²) in [6.45, 7) is 4.21. The van der Waals surface area contributed by atoms with E-state index in [0.29, 0.717) is 12.2 Å². The van der Waals surface area contributed by atoms with Gasteiger partial charge < -0.3 is 16.2 Å². The van der Waals surface area contributed by atoms with Crippen molar-refractivity contribution >= 4 is 5.91 Å². The molecule has 0 aliphatic carbocycles. The Labute approximate surface area is 127 Å². The molecular weight excluding hydrogens is 264 g/mol. The van der Waals surface area contributed by atoms with E-state index in [2.05, 4.69) is 13.8 Å². The summed E-state index contributed by atoms with van der Waals surface area (Å²) in [6.07, 6.45) is 5.42. The molecule has 0 saturated heterocycles. The van der Waals surface area contributed by atoms with Crippen molar-refractivity contribution in [3.63, 3.8) is 0 Å². The van der Waals surface area contributed by atoms with Crippen molar-refractivity contribution in [2.75, 3.05) is 0 Å². The molecule has 0 aliphatic rings. The molecule has 4 nitrogen and oxygen atoms in total. The smallest absolute Gasteiger partial charge is 0.258 e. The minimum Gasteiger partial charge on any atom is -0.481 e. The van der Waals surface area contributed by atoms with Crippen LogP contribution < -0.4 is 16.2 Å². The summed E-state index contributed by atoms with van der Waals surface area (Å²) >= 11 is 0. The Hall–Kier alpha value is -1.55. The number of benzene rings is 1. The number of rotatable bonds is 10. The summed E-state index contributed by atoms with van der Waals surface area (Å²) in [7, 11) is 0. The van der Waals surface area contributed by atoms with Crippen LogP contribution in [0.3, 0.4) is 0 Å². The van der Waals surface area contributed by atoms with Crippen LogP contribution in [0.4, 0.5) is 0 Å². The fourth-order valence-electron chi connectivity index (χ4n) is 2.21. The number of carbonyl (C=O) groups is 1. The Kier molecular flexibility index (Phi) is 7.83. The van der Waals surface area contributed by atoms with Crippen LogP contribution >= 0.6 is 0 Å². The van der Waals surface area contributed by atoms with E-state index in [1.165, 1.54) is 12.8 Å². The average Bonchev–Trinajstić information content (AvgIpc) is 2.50. The van der Waals surface area contributed by atoms with E-state index in [1.54, 1.807) is 0 Å². The van der Waals surface area contributed by atoms with Gasteiger partial charge in [-0.15, -0.1) is 0 Å². The molecule has 0 bridgehead atoms. The van der Waals surface area contributed by atoms with E-state index in [4.69, 9.17) is 16.2 Å². The zero-order valence-electron chi connectivity index (χ0n) is 13.2. The molecule has 4 heteroatoms. The first kappa shape index (κ1) is 17.5. The fraction of sp³-hybridized carbons (Fsp3) is 0.588. The highest BCUT2D eigenvalue weighted by molar-refractivity contribution is 5.79. The molecule has 4 N–H and O–H groups in total. The molecule has 21 heavy (non-hydrogen) atoms. The summed E-state index contributed by atoms with van der Waals surface area (Å²) in [6, 6.07) is 7.64. The van der Waals surface area contributed by atoms with E-state index in [9.17, 15) is 4.79 Å². The molecule has 2 atom stereocenters. The second-order valence-corrected chi connectivity index (χ2v) is 5.44. The summed E-state index contributed by atoms with van der Waals surface area (Å²) in [5.41, 5.74) is 12.5. The molecule has 1 aromatic carbocycles. The number of nitrogens with two attached hydrogens (primary N) is 2. The van der Waals surface area contributed by atoms with E-state index >= 15 is 0 Å². The van der Waals surface area contributed by atoms with Gasteiger partial charge in [0.05, 0.1) is 0 Å². The van der Waals surface area contributed by atoms with E-state index in [-0.39, 0.29) is 6.04 Å². The zero-order chi connectivity index (χ0) is 15.7. The fourth-order valence-corrected chi connectivity index (χ4v) is 2.21. The average molecular weight is 292 g/mol. The van der Waals surface area contributed by atoms with Crippen LogP contribution in [0.5, 0.6) is 5.75 Å². The maximum atomic E-state index is 11.5. The van der Waals surface area contributed by atoms with Crippen LogP contribution in [0.1, 0.15) is 64.0 Å². The van der Waals surface area contributed by atoms with Crippen LogP contribution in [0, 0.1) is 0 Å². The lowest BCUT2D eigenvalue weighted by atomic mass is 10.1. The van der Waals surface area contributed by atoms with Crippen molar-refractivity contribution in [3.05, 3.63) is 29.8 Å². The van der Waals surface area contributed by atoms with E-state index in [0.717, 1.165) is 24.8 Å². The molecule has 0 spiro atoms. The molecule has 0 saturated carbocycles. The third kappa shape index (κ3) is 6.17. The van der Waals surface area contributed by atoms with Crippen LogP contribution in [0.15, 0.2) is 24.3 Å². The number of amides is 1. The molecule has 0 heterocycles. The van der Waals surface area contributed by atoms with Gasteiger partial charge in [0.1, 0.15) is 5.75 Å². The second kappa shape index (κ2) is 9.40. The van der Waals surface area contributed by atoms with Gasteiger partial charge in [0.2, 0.25) is 0 Å². The summed E-state index contributed by atoms with van der Waals surface area (Å²) in [5.74, 6) is 0.266. The van der Waals surface area contributed by atoms with Crippen LogP contribution in [-0.2, 0) is 4.79 Å². The second-order valence-electron chi connectivity index (χ2n) is 5.44. The number of hydrogen-bond acceptors (Lipinski definition) is 3. The lowest BCUT2D eigenvalue weighted by molar-refractivity contribution is -0.125. The third-order valence-corrected chi connectivity index (χ3v) is 3.66. The predicted octanol–water partition coefficient (Wildman–Crippen LogP) is 3.30. The van der Waals surface area contributed by atoms with Crippen molar-refractivity contribution in [1.82, 2.24) is 0 Å². The summed E-state index contributed by atoms with van der Waals surface area (Å²) < 4.78 is 5.71. The van der Waals surface area contributed by atoms with Crippen molar-refractivity contribution in [3.8, 4) is 5.75 Å². The van der Waals surface area contributed by atoms with Gasteiger partial charge in [-0.25, -0.2) is 0 Å². The van der Waals surface area contributed by atoms with Gasteiger partial charge in [0, 0.05) is 6.04 Å². The van der Waals surface area contributed by atoms with Crippen LogP contribution in [-0.4, -0.2) is 12.0 Å². The number of unbranched alkanes of at least 4 members (excludes halogenated alkanes) is 3. The predicted molar refractivity (Wildman–Crippen MR) is 86.0 cm³/mol. The standard InChI is InChI=1S/C17H28N2O2/c1-3-5-6-7-8-16(17(19)20)21-14-11-9-13(10-12-14)15(18)4-2/h9-12,15-16H,3-8,18H2,1-2H3,(H2,19,20). The Morgan fingerprint density at radius 1 is 1.14 bits per heavy atom. The maximum Gasteiger partial charge on any atom is 0.258 e. The van der Waals surface area contributed by atoms with Crippen molar-refractivity contribution in [2.45, 2.75) is 64.5 Å². The Balaban J connectivity index is 2.56. The first-order valence-corrected chi connectivity index (χ1v) is 7.90. The van der Waals surface area contributed by atoms with Gasteiger partial charge >= 0.3 is 0 Å². The number of primary amides is 1. The quantitative estimate of drug-likeness (QED) is 0.649. The Morgan fingerprint density at radius 2 is 1.81 bits per heavy atom. The van der Waals surface area contributed by atoms with Gasteiger partial charge in [-0.05, 0) is 37.0 Å². The molecule has 118 valence electrons. The molecular formula is C17H28N2O2. The van der Waals surface area contributed by atoms with Gasteiger partial charge in [-0.2, -0.15) is 0 Å². The topological polar surface area (TPSA) is 78.3 Å². The normalized spacial score (nSPS) is 13.7. The molecule has 1 rings (SSSR count). The van der Waals surface area contributed by atoms with Crippen molar-refractivity contribution in [1.29, 1.82) is 0 Å². The first-order chi connectivity index (χ1) is 10.1. The number of ether oxygens (including phenoxy) is 1. The third-order valence-electron chi connectivity index (χ3n) is 3.66. The molecule has 2 unspecified atom stereocenters. The zero-order valence-corrected chi connectivity index (χ0v) is 13.2. The highest BCUT2D eigenvalue weighted by Gasteiger charge is 2.16. The molecule has 0 aliphatic heterocycles. The largest absolute Gasteiger partial charge is 0.481 e. The lowest BCUT2D eigenvalue weighted by Gasteiger charge is -2.17. The molecule has 0 radical (unpaired) electrons. The van der Waals surface area contributed by atoms with Gasteiger partial charge in [0.15, 0.2) is 6.10 Å². The van der Waals surface area contributed by atoms with Crippen molar-refractivity contribution in [2.24, 2.45) is 11.5 Å². The monoisotopic (exact) mass is 292 g/mol. The SMILES string of the molecule is CCCCCCC(Oc1ccc(C(N)CC)cc1)C(N)=O. The molecule has 0 aromatic heterocycles. The van der Waals surface area contributed by atoms with Gasteiger partial charge in [-0.3, -0.25) is 4.79 Å². The minimum absolute atomic E-state index is 0.0417. The van der Waals surface area contributed by atoms with Crippen LogP contribution in [0.25, 0.3) is 0 Å². The van der Waals surface area contributed by atoms with Gasteiger partial charge in [0.25, 0.3) is 5.91 Å². The lowest BCUT2D eigenvalue weighted by Crippen LogP contribution is -2.33. The van der Waals surface area contributed by atoms with E-state index in [1.807, 2.05) is 24.3 Å². The molecule has 0 fully saturated rings. The van der Waals surface area contributed by atoms with Crippen LogP contribution in [0.2, 0.25) is 0 Å². The Bertz CT molecular complexity index is 417. The Morgan fingerprint density at radius 3 is 2.33 bits per heavy atom. The van der Waals surface area contributed by atoms with E-state index < -0.39 is 12.0 Å². The van der Waals surface area contributed by atoms with Gasteiger partial charge in [-0.1, -0.05) is 45.2 Å². The highest BCUT2D eigenvalue weighted by Crippen LogP contribution is 2.20. The molecule has 1 aromatic rings. The number of hydrogen-bond donors (Lipinski definition) is 2. The number of carbonyl (C=O) groups excluding carboxylic acids is 1. The minimum atomic E-state index is -0.549. The summed E-state index contributed by atoms with van der Waals surface area (Å²) in [5, 5.41) is 0. The first-order valence-electron chi connectivity index (χ1n) is 7.90.